The largest absolute Gasteiger partial charge is 0.408 e. The molecule has 0 saturated heterocycles. The first-order valence-electron chi connectivity index (χ1n) is 7.29. The van der Waals surface area contributed by atoms with E-state index in [-0.39, 0.29) is 16.3 Å². The number of halogens is 4. The molecular formula is C16H18F4N2. The maximum atomic E-state index is 13.7. The Kier molecular flexibility index (Phi) is 3.27. The van der Waals surface area contributed by atoms with E-state index < -0.39 is 18.7 Å². The van der Waals surface area contributed by atoms with E-state index in [0.717, 1.165) is 12.0 Å². The fraction of sp³-hybridized carbons (Fsp3) is 0.562. The van der Waals surface area contributed by atoms with E-state index >= 15 is 0 Å². The molecule has 0 radical (unpaired) electrons. The summed E-state index contributed by atoms with van der Waals surface area (Å²) in [4.78, 5) is 0. The Hall–Kier alpha value is -1.59. The molecule has 22 heavy (non-hydrogen) atoms. The van der Waals surface area contributed by atoms with Crippen LogP contribution in [-0.2, 0) is 6.54 Å². The lowest BCUT2D eigenvalue weighted by molar-refractivity contribution is -0.142. The average Bonchev–Trinajstić information content (AvgIpc) is 3.10. The molecule has 2 aromatic rings. The third-order valence-corrected chi connectivity index (χ3v) is 4.39. The highest BCUT2D eigenvalue weighted by Crippen LogP contribution is 2.56. The zero-order valence-corrected chi connectivity index (χ0v) is 12.7. The lowest BCUT2D eigenvalue weighted by atomic mass is 9.87. The molecule has 1 aliphatic carbocycles. The fourth-order valence-corrected chi connectivity index (χ4v) is 3.19. The van der Waals surface area contributed by atoms with Crippen LogP contribution in [0.5, 0.6) is 0 Å². The van der Waals surface area contributed by atoms with E-state index in [1.54, 1.807) is 12.1 Å². The van der Waals surface area contributed by atoms with Crippen LogP contribution in [0.4, 0.5) is 17.6 Å². The number of nitrogens with zero attached hydrogens (tertiary/aromatic N) is 2. The number of alkyl halides is 3. The van der Waals surface area contributed by atoms with Crippen molar-refractivity contribution in [2.24, 2.45) is 11.3 Å². The molecule has 1 saturated carbocycles. The molecule has 1 aliphatic rings. The Labute approximate surface area is 126 Å². The molecule has 2 atom stereocenters. The third-order valence-electron chi connectivity index (χ3n) is 4.39. The normalized spacial score (nSPS) is 22.3. The van der Waals surface area contributed by atoms with Gasteiger partial charge in [-0.3, -0.25) is 4.68 Å². The zero-order valence-electron chi connectivity index (χ0n) is 12.7. The summed E-state index contributed by atoms with van der Waals surface area (Å²) in [7, 11) is 0. The van der Waals surface area contributed by atoms with Crippen LogP contribution in [0.3, 0.4) is 0 Å². The van der Waals surface area contributed by atoms with Gasteiger partial charge in [0, 0.05) is 0 Å². The summed E-state index contributed by atoms with van der Waals surface area (Å²) in [6, 6.07) is 5.01. The van der Waals surface area contributed by atoms with Gasteiger partial charge in [0.1, 0.15) is 6.54 Å². The van der Waals surface area contributed by atoms with Gasteiger partial charge in [-0.05, 0) is 41.4 Å². The Balaban J connectivity index is 1.97. The molecule has 120 valence electrons. The van der Waals surface area contributed by atoms with Gasteiger partial charge in [-0.25, -0.2) is 0 Å². The summed E-state index contributed by atoms with van der Waals surface area (Å²) in [5, 5.41) is 3.53. The van der Waals surface area contributed by atoms with E-state index in [4.69, 9.17) is 0 Å². The van der Waals surface area contributed by atoms with Gasteiger partial charge in [0.15, 0.2) is 0 Å². The lowest BCUT2D eigenvalue weighted by Crippen LogP contribution is -2.18. The Morgan fingerprint density at radius 1 is 1.23 bits per heavy atom. The number of aromatic nitrogens is 2. The first kappa shape index (κ1) is 15.3. The molecule has 0 N–H and O–H groups in total. The molecule has 1 fully saturated rings. The highest BCUT2D eigenvalue weighted by atomic mass is 19.4. The summed E-state index contributed by atoms with van der Waals surface area (Å²) < 4.78 is 52.2. The second kappa shape index (κ2) is 4.70. The summed E-state index contributed by atoms with van der Waals surface area (Å²) >= 11 is 0. The highest BCUT2D eigenvalue weighted by molar-refractivity contribution is 5.80. The highest BCUT2D eigenvalue weighted by Gasteiger charge is 2.45. The van der Waals surface area contributed by atoms with Crippen LogP contribution in [0.25, 0.3) is 10.9 Å². The van der Waals surface area contributed by atoms with Gasteiger partial charge < -0.3 is 0 Å². The molecule has 0 amide bonds. The van der Waals surface area contributed by atoms with Crippen molar-refractivity contribution in [3.8, 4) is 0 Å². The van der Waals surface area contributed by atoms with E-state index in [9.17, 15) is 17.6 Å². The molecule has 0 bridgehead atoms. The van der Waals surface area contributed by atoms with Gasteiger partial charge in [0.05, 0.1) is 10.9 Å². The molecule has 6 heteroatoms. The van der Waals surface area contributed by atoms with Crippen LogP contribution in [0.2, 0.25) is 0 Å². The SMILES string of the molecule is CC(C)(C)[C@H]1C[C@@H]1c1ccc2c(F)nn(CC(F)(F)F)c2c1. The summed E-state index contributed by atoms with van der Waals surface area (Å²) in [6.45, 7) is 5.20. The number of hydrogen-bond acceptors (Lipinski definition) is 1. The van der Waals surface area contributed by atoms with Gasteiger partial charge in [-0.15, -0.1) is 5.10 Å². The van der Waals surface area contributed by atoms with Crippen LogP contribution in [0.1, 0.15) is 38.7 Å². The van der Waals surface area contributed by atoms with Gasteiger partial charge in [-0.1, -0.05) is 26.8 Å². The molecule has 1 aromatic heterocycles. The Bertz CT molecular complexity index is 709. The van der Waals surface area contributed by atoms with E-state index in [1.807, 2.05) is 0 Å². The van der Waals surface area contributed by atoms with Crippen molar-refractivity contribution in [1.82, 2.24) is 9.78 Å². The van der Waals surface area contributed by atoms with Crippen molar-refractivity contribution in [2.75, 3.05) is 0 Å². The fourth-order valence-electron chi connectivity index (χ4n) is 3.19. The van der Waals surface area contributed by atoms with Gasteiger partial charge in [0.2, 0.25) is 5.95 Å². The van der Waals surface area contributed by atoms with Crippen molar-refractivity contribution in [3.05, 3.63) is 29.7 Å². The van der Waals surface area contributed by atoms with Crippen molar-refractivity contribution >= 4 is 10.9 Å². The lowest BCUT2D eigenvalue weighted by Gasteiger charge is -2.18. The molecule has 0 spiro atoms. The second-order valence-corrected chi connectivity index (χ2v) is 7.15. The van der Waals surface area contributed by atoms with Crippen LogP contribution in [0.15, 0.2) is 18.2 Å². The average molecular weight is 314 g/mol. The first-order valence-corrected chi connectivity index (χ1v) is 7.29. The molecule has 1 heterocycles. The standard InChI is InChI=1S/C16H18F4N2/c1-15(2,3)12-7-11(12)9-4-5-10-13(6-9)22(21-14(10)17)8-16(18,19)20/h4-6,11-12H,7-8H2,1-3H3/t11-,12+/m1/s1. The van der Waals surface area contributed by atoms with Crippen LogP contribution in [0, 0.1) is 17.3 Å². The maximum Gasteiger partial charge on any atom is 0.408 e. The predicted octanol–water partition coefficient (Wildman–Crippen LogP) is 4.89. The van der Waals surface area contributed by atoms with Gasteiger partial charge in [-0.2, -0.15) is 17.6 Å². The van der Waals surface area contributed by atoms with Gasteiger partial charge in [0.25, 0.3) is 0 Å². The van der Waals surface area contributed by atoms with Crippen molar-refractivity contribution in [2.45, 2.75) is 45.8 Å². The smallest absolute Gasteiger partial charge is 0.253 e. The van der Waals surface area contributed by atoms with Crippen LogP contribution >= 0.6 is 0 Å². The summed E-state index contributed by atoms with van der Waals surface area (Å²) in [5.41, 5.74) is 1.35. The summed E-state index contributed by atoms with van der Waals surface area (Å²) in [6.07, 6.45) is -3.40. The van der Waals surface area contributed by atoms with E-state index in [1.165, 1.54) is 6.07 Å². The molecule has 0 aliphatic heterocycles. The van der Waals surface area contributed by atoms with Crippen LogP contribution < -0.4 is 0 Å². The monoisotopic (exact) mass is 314 g/mol. The van der Waals surface area contributed by atoms with E-state index in [0.29, 0.717) is 16.5 Å². The van der Waals surface area contributed by atoms with Gasteiger partial charge >= 0.3 is 6.18 Å². The van der Waals surface area contributed by atoms with E-state index in [2.05, 4.69) is 25.9 Å². The topological polar surface area (TPSA) is 17.8 Å². The van der Waals surface area contributed by atoms with Crippen molar-refractivity contribution < 1.29 is 17.6 Å². The summed E-state index contributed by atoms with van der Waals surface area (Å²) in [5.74, 6) is -0.00977. The minimum atomic E-state index is -4.42. The third kappa shape index (κ3) is 2.83. The molecular weight excluding hydrogens is 296 g/mol. The number of hydrogen-bond donors (Lipinski definition) is 0. The molecule has 3 rings (SSSR count). The van der Waals surface area contributed by atoms with Crippen molar-refractivity contribution in [3.63, 3.8) is 0 Å². The van der Waals surface area contributed by atoms with Crippen molar-refractivity contribution in [1.29, 1.82) is 0 Å². The molecule has 0 unspecified atom stereocenters. The minimum absolute atomic E-state index is 0.140. The Morgan fingerprint density at radius 2 is 1.91 bits per heavy atom. The first-order chi connectivity index (χ1) is 10.1. The Morgan fingerprint density at radius 3 is 2.45 bits per heavy atom. The second-order valence-electron chi connectivity index (χ2n) is 7.15. The predicted molar refractivity (Wildman–Crippen MR) is 76.0 cm³/mol. The zero-order chi connectivity index (χ0) is 16.3. The quantitative estimate of drug-likeness (QED) is 0.722. The minimum Gasteiger partial charge on any atom is -0.253 e. The number of rotatable bonds is 2. The number of fused-ring (bicyclic) bond motifs is 1. The van der Waals surface area contributed by atoms with Crippen LogP contribution in [-0.4, -0.2) is 16.0 Å². The molecule has 1 aromatic carbocycles. The number of benzene rings is 1. The molecule has 2 nitrogen and oxygen atoms in total. The maximum absolute atomic E-state index is 13.7.